The van der Waals surface area contributed by atoms with Crippen molar-refractivity contribution >= 4 is 10.0 Å². The molecule has 5 nitrogen and oxygen atoms in total. The summed E-state index contributed by atoms with van der Waals surface area (Å²) in [5, 5.41) is 0. The van der Waals surface area contributed by atoms with Crippen LogP contribution in [-0.4, -0.2) is 56.9 Å². The van der Waals surface area contributed by atoms with Gasteiger partial charge in [0.05, 0.1) is 4.90 Å². The Morgan fingerprint density at radius 1 is 1.14 bits per heavy atom. The van der Waals surface area contributed by atoms with E-state index < -0.39 is 10.0 Å². The lowest BCUT2D eigenvalue weighted by molar-refractivity contribution is 0.294. The van der Waals surface area contributed by atoms with E-state index in [1.54, 1.807) is 10.4 Å². The third-order valence-corrected chi connectivity index (χ3v) is 5.99. The van der Waals surface area contributed by atoms with E-state index in [1.165, 1.54) is 0 Å². The Morgan fingerprint density at radius 3 is 2.62 bits per heavy atom. The van der Waals surface area contributed by atoms with Gasteiger partial charge in [0.1, 0.15) is 0 Å². The SMILES string of the molecule is Cc1ccc(C)c(S(=O)(=O)N2CCCN(CCN)CC2)c1. The first kappa shape index (κ1) is 16.4. The highest BCUT2D eigenvalue weighted by atomic mass is 32.2. The third kappa shape index (κ3) is 3.83. The summed E-state index contributed by atoms with van der Waals surface area (Å²) in [6.45, 7) is 8.00. The minimum Gasteiger partial charge on any atom is -0.329 e. The van der Waals surface area contributed by atoms with Gasteiger partial charge < -0.3 is 10.6 Å². The molecule has 0 aromatic heterocycles. The molecule has 0 aliphatic carbocycles. The lowest BCUT2D eigenvalue weighted by Gasteiger charge is -2.22. The van der Waals surface area contributed by atoms with Crippen molar-refractivity contribution < 1.29 is 8.42 Å². The second-order valence-electron chi connectivity index (χ2n) is 5.66. The van der Waals surface area contributed by atoms with Crippen LogP contribution in [0.3, 0.4) is 0 Å². The smallest absolute Gasteiger partial charge is 0.243 e. The molecule has 118 valence electrons. The zero-order valence-corrected chi connectivity index (χ0v) is 13.7. The number of hydrogen-bond acceptors (Lipinski definition) is 4. The number of benzene rings is 1. The first-order valence-electron chi connectivity index (χ1n) is 7.45. The second kappa shape index (κ2) is 6.87. The molecule has 1 heterocycles. The van der Waals surface area contributed by atoms with E-state index in [2.05, 4.69) is 4.90 Å². The normalized spacial score (nSPS) is 18.6. The van der Waals surface area contributed by atoms with E-state index in [1.807, 2.05) is 26.0 Å². The van der Waals surface area contributed by atoms with Crippen LogP contribution in [-0.2, 0) is 10.0 Å². The van der Waals surface area contributed by atoms with Gasteiger partial charge in [-0.1, -0.05) is 12.1 Å². The molecule has 0 spiro atoms. The van der Waals surface area contributed by atoms with Crippen molar-refractivity contribution in [1.82, 2.24) is 9.21 Å². The molecule has 0 amide bonds. The number of aryl methyl sites for hydroxylation is 2. The van der Waals surface area contributed by atoms with Crippen molar-refractivity contribution in [3.05, 3.63) is 29.3 Å². The lowest BCUT2D eigenvalue weighted by Crippen LogP contribution is -2.36. The van der Waals surface area contributed by atoms with Gasteiger partial charge in [-0.25, -0.2) is 8.42 Å². The Kier molecular flexibility index (Phi) is 5.37. The average Bonchev–Trinajstić information content (AvgIpc) is 2.68. The number of rotatable bonds is 4. The summed E-state index contributed by atoms with van der Waals surface area (Å²) in [6, 6.07) is 5.59. The third-order valence-electron chi connectivity index (χ3n) is 3.95. The maximum absolute atomic E-state index is 12.9. The Labute approximate surface area is 127 Å². The maximum atomic E-state index is 12.9. The largest absolute Gasteiger partial charge is 0.329 e. The summed E-state index contributed by atoms with van der Waals surface area (Å²) in [7, 11) is -3.40. The molecule has 1 aromatic rings. The number of nitrogens with two attached hydrogens (primary N) is 1. The molecule has 0 bridgehead atoms. The van der Waals surface area contributed by atoms with Crippen LogP contribution < -0.4 is 5.73 Å². The number of sulfonamides is 1. The van der Waals surface area contributed by atoms with Gasteiger partial charge in [-0.15, -0.1) is 0 Å². The molecule has 1 saturated heterocycles. The summed E-state index contributed by atoms with van der Waals surface area (Å²) in [4.78, 5) is 2.67. The van der Waals surface area contributed by atoms with Crippen molar-refractivity contribution in [2.45, 2.75) is 25.2 Å². The fraction of sp³-hybridized carbons (Fsp3) is 0.600. The van der Waals surface area contributed by atoms with Gasteiger partial charge in [-0.2, -0.15) is 4.31 Å². The van der Waals surface area contributed by atoms with Crippen molar-refractivity contribution in [2.75, 3.05) is 39.3 Å². The highest BCUT2D eigenvalue weighted by Gasteiger charge is 2.27. The summed E-state index contributed by atoms with van der Waals surface area (Å²) < 4.78 is 27.3. The molecule has 1 aliphatic heterocycles. The van der Waals surface area contributed by atoms with Crippen LogP contribution in [0.15, 0.2) is 23.1 Å². The first-order valence-corrected chi connectivity index (χ1v) is 8.89. The van der Waals surface area contributed by atoms with Crippen LogP contribution in [0.4, 0.5) is 0 Å². The van der Waals surface area contributed by atoms with Crippen molar-refractivity contribution in [1.29, 1.82) is 0 Å². The average molecular weight is 311 g/mol. The topological polar surface area (TPSA) is 66.6 Å². The predicted molar refractivity (Wildman–Crippen MR) is 84.8 cm³/mol. The van der Waals surface area contributed by atoms with Gasteiger partial charge in [0.15, 0.2) is 0 Å². The van der Waals surface area contributed by atoms with E-state index in [9.17, 15) is 8.42 Å². The van der Waals surface area contributed by atoms with Gasteiger partial charge in [-0.3, -0.25) is 0 Å². The zero-order valence-electron chi connectivity index (χ0n) is 12.9. The van der Waals surface area contributed by atoms with E-state index in [0.717, 1.165) is 37.2 Å². The van der Waals surface area contributed by atoms with Crippen molar-refractivity contribution in [3.8, 4) is 0 Å². The van der Waals surface area contributed by atoms with Crippen LogP contribution in [0.25, 0.3) is 0 Å². The highest BCUT2D eigenvalue weighted by Crippen LogP contribution is 2.22. The molecule has 1 aliphatic rings. The molecule has 0 radical (unpaired) electrons. The molecule has 2 rings (SSSR count). The zero-order chi connectivity index (χ0) is 15.5. The maximum Gasteiger partial charge on any atom is 0.243 e. The molecule has 1 aromatic carbocycles. The number of nitrogens with zero attached hydrogens (tertiary/aromatic N) is 2. The minimum absolute atomic E-state index is 0.440. The second-order valence-corrected chi connectivity index (χ2v) is 7.56. The standard InChI is InChI=1S/C15H25N3O2S/c1-13-4-5-14(2)15(12-13)21(19,20)18-8-3-7-17(9-6-16)10-11-18/h4-5,12H,3,6-11,16H2,1-2H3. The summed E-state index contributed by atoms with van der Waals surface area (Å²) in [5.74, 6) is 0. The van der Waals surface area contributed by atoms with Crippen molar-refractivity contribution in [2.24, 2.45) is 5.73 Å². The Bertz CT molecular complexity index is 587. The monoisotopic (exact) mass is 311 g/mol. The summed E-state index contributed by atoms with van der Waals surface area (Å²) in [6.07, 6.45) is 0.851. The molecule has 0 unspecified atom stereocenters. The molecular formula is C15H25N3O2S. The fourth-order valence-electron chi connectivity index (χ4n) is 2.72. The van der Waals surface area contributed by atoms with Crippen LogP contribution >= 0.6 is 0 Å². The van der Waals surface area contributed by atoms with Gasteiger partial charge in [0.25, 0.3) is 0 Å². The van der Waals surface area contributed by atoms with Crippen LogP contribution in [0.2, 0.25) is 0 Å². The first-order chi connectivity index (χ1) is 9.95. The van der Waals surface area contributed by atoms with Gasteiger partial charge >= 0.3 is 0 Å². The Balaban J connectivity index is 2.21. The van der Waals surface area contributed by atoms with Crippen LogP contribution in [0.5, 0.6) is 0 Å². The Morgan fingerprint density at radius 2 is 1.90 bits per heavy atom. The van der Waals surface area contributed by atoms with Crippen molar-refractivity contribution in [3.63, 3.8) is 0 Å². The molecule has 0 saturated carbocycles. The summed E-state index contributed by atoms with van der Waals surface area (Å²) in [5.41, 5.74) is 7.36. The quantitative estimate of drug-likeness (QED) is 0.899. The molecule has 21 heavy (non-hydrogen) atoms. The highest BCUT2D eigenvalue weighted by molar-refractivity contribution is 7.89. The Hall–Kier alpha value is -0.950. The lowest BCUT2D eigenvalue weighted by atomic mass is 10.2. The van der Waals surface area contributed by atoms with E-state index in [0.29, 0.717) is 24.5 Å². The van der Waals surface area contributed by atoms with Gasteiger partial charge in [0, 0.05) is 32.7 Å². The van der Waals surface area contributed by atoms with E-state index in [-0.39, 0.29) is 0 Å². The molecular weight excluding hydrogens is 286 g/mol. The van der Waals surface area contributed by atoms with E-state index >= 15 is 0 Å². The van der Waals surface area contributed by atoms with Gasteiger partial charge in [0.2, 0.25) is 10.0 Å². The molecule has 1 fully saturated rings. The fourth-order valence-corrected chi connectivity index (χ4v) is 4.50. The summed E-state index contributed by atoms with van der Waals surface area (Å²) >= 11 is 0. The molecule has 2 N–H and O–H groups in total. The minimum atomic E-state index is -3.40. The number of hydrogen-bond donors (Lipinski definition) is 1. The van der Waals surface area contributed by atoms with Crippen LogP contribution in [0, 0.1) is 13.8 Å². The molecule has 6 heteroatoms. The van der Waals surface area contributed by atoms with Crippen LogP contribution in [0.1, 0.15) is 17.5 Å². The van der Waals surface area contributed by atoms with E-state index in [4.69, 9.17) is 5.73 Å². The predicted octanol–water partition coefficient (Wildman–Crippen LogP) is 0.959. The molecule has 0 atom stereocenters. The van der Waals surface area contributed by atoms with Gasteiger partial charge in [-0.05, 0) is 44.0 Å².